The second-order valence-corrected chi connectivity index (χ2v) is 7.06. The van der Waals surface area contributed by atoms with Gasteiger partial charge in [-0.15, -0.1) is 0 Å². The monoisotopic (exact) mass is 382 g/mol. The molecule has 28 heavy (non-hydrogen) atoms. The molecule has 0 atom stereocenters. The molecule has 0 fully saturated rings. The number of nitrogens with zero attached hydrogens (tertiary/aromatic N) is 2. The molecule has 2 amide bonds. The molecule has 0 radical (unpaired) electrons. The molecule has 0 spiro atoms. The molecule has 1 heterocycles. The number of carbonyl (C=O) groups is 2. The molecule has 1 aliphatic rings. The lowest BCUT2D eigenvalue weighted by Gasteiger charge is -2.28. The van der Waals surface area contributed by atoms with Crippen molar-refractivity contribution in [1.82, 2.24) is 4.90 Å². The molecule has 1 aliphatic heterocycles. The van der Waals surface area contributed by atoms with Gasteiger partial charge in [-0.1, -0.05) is 30.3 Å². The molecule has 0 saturated carbocycles. The Morgan fingerprint density at radius 3 is 2.43 bits per heavy atom. The smallest absolute Gasteiger partial charge is 0.231 e. The van der Waals surface area contributed by atoms with Gasteiger partial charge in [0.05, 0.1) is 0 Å². The second kappa shape index (κ2) is 8.78. The van der Waals surface area contributed by atoms with Crippen LogP contribution in [0.2, 0.25) is 0 Å². The van der Waals surface area contributed by atoms with Crippen molar-refractivity contribution in [3.8, 4) is 11.5 Å². The van der Waals surface area contributed by atoms with Crippen molar-refractivity contribution in [3.05, 3.63) is 54.1 Å². The van der Waals surface area contributed by atoms with E-state index in [1.54, 1.807) is 17.0 Å². The van der Waals surface area contributed by atoms with E-state index in [0.717, 1.165) is 5.56 Å². The third-order valence-electron chi connectivity index (χ3n) is 4.74. The van der Waals surface area contributed by atoms with Gasteiger partial charge >= 0.3 is 0 Å². The first-order valence-electron chi connectivity index (χ1n) is 9.47. The molecule has 2 aromatic carbocycles. The van der Waals surface area contributed by atoms with Gasteiger partial charge in [0.25, 0.3) is 0 Å². The first-order chi connectivity index (χ1) is 13.5. The van der Waals surface area contributed by atoms with Crippen LogP contribution >= 0.6 is 0 Å². The highest BCUT2D eigenvalue weighted by molar-refractivity contribution is 5.92. The number of anilines is 1. The highest BCUT2D eigenvalue weighted by Gasteiger charge is 2.22. The van der Waals surface area contributed by atoms with Gasteiger partial charge in [-0.2, -0.15) is 0 Å². The van der Waals surface area contributed by atoms with Gasteiger partial charge in [0.2, 0.25) is 18.6 Å². The third-order valence-corrected chi connectivity index (χ3v) is 4.74. The molecule has 0 unspecified atom stereocenters. The fourth-order valence-corrected chi connectivity index (χ4v) is 3.21. The van der Waals surface area contributed by atoms with Gasteiger partial charge in [-0.3, -0.25) is 9.59 Å². The van der Waals surface area contributed by atoms with E-state index in [1.807, 2.05) is 55.1 Å². The van der Waals surface area contributed by atoms with Crippen molar-refractivity contribution in [3.63, 3.8) is 0 Å². The zero-order chi connectivity index (χ0) is 20.1. The van der Waals surface area contributed by atoms with Crippen LogP contribution in [0.5, 0.6) is 11.5 Å². The predicted molar refractivity (Wildman–Crippen MR) is 107 cm³/mol. The Bertz CT molecular complexity index is 836. The van der Waals surface area contributed by atoms with E-state index in [1.165, 1.54) is 6.92 Å². The van der Waals surface area contributed by atoms with Crippen LogP contribution in [0.4, 0.5) is 5.69 Å². The average Bonchev–Trinajstić information content (AvgIpc) is 3.14. The topological polar surface area (TPSA) is 59.1 Å². The van der Waals surface area contributed by atoms with Crippen molar-refractivity contribution in [2.45, 2.75) is 39.8 Å². The zero-order valence-electron chi connectivity index (χ0n) is 16.6. The molecular weight excluding hydrogens is 356 g/mol. The molecule has 0 aromatic heterocycles. The molecular formula is C22H26N2O4. The zero-order valence-corrected chi connectivity index (χ0v) is 16.6. The number of rotatable bonds is 7. The Labute approximate surface area is 165 Å². The second-order valence-electron chi connectivity index (χ2n) is 7.06. The standard InChI is InChI=1S/C22H26N2O4/c1-16(2)24(14-18-7-5-4-6-8-18)22(26)11-12-23(17(3)25)19-9-10-20-21(13-19)28-15-27-20/h4-10,13,16H,11-12,14-15H2,1-3H3. The maximum atomic E-state index is 12.9. The molecule has 0 aliphatic carbocycles. The number of hydrogen-bond donors (Lipinski definition) is 0. The van der Waals surface area contributed by atoms with Gasteiger partial charge in [0.15, 0.2) is 11.5 Å². The number of ether oxygens (including phenoxy) is 2. The first-order valence-corrected chi connectivity index (χ1v) is 9.47. The number of fused-ring (bicyclic) bond motifs is 1. The van der Waals surface area contributed by atoms with Crippen LogP contribution in [-0.2, 0) is 16.1 Å². The summed E-state index contributed by atoms with van der Waals surface area (Å²) in [5.41, 5.74) is 1.78. The summed E-state index contributed by atoms with van der Waals surface area (Å²) in [6.07, 6.45) is 0.249. The van der Waals surface area contributed by atoms with E-state index in [0.29, 0.717) is 30.3 Å². The predicted octanol–water partition coefficient (Wildman–Crippen LogP) is 3.60. The van der Waals surface area contributed by atoms with Crippen molar-refractivity contribution in [2.75, 3.05) is 18.2 Å². The molecule has 2 aromatic rings. The summed E-state index contributed by atoms with van der Waals surface area (Å²) in [5.74, 6) is 1.18. The van der Waals surface area contributed by atoms with Gasteiger partial charge in [0, 0.05) is 44.2 Å². The summed E-state index contributed by atoms with van der Waals surface area (Å²) < 4.78 is 10.7. The Morgan fingerprint density at radius 2 is 1.75 bits per heavy atom. The normalized spacial score (nSPS) is 12.1. The molecule has 148 valence electrons. The summed E-state index contributed by atoms with van der Waals surface area (Å²) in [4.78, 5) is 28.5. The highest BCUT2D eigenvalue weighted by Crippen LogP contribution is 2.35. The average molecular weight is 382 g/mol. The van der Waals surface area contributed by atoms with Crippen LogP contribution in [0.1, 0.15) is 32.8 Å². The van der Waals surface area contributed by atoms with Crippen LogP contribution in [0.25, 0.3) is 0 Å². The van der Waals surface area contributed by atoms with Gasteiger partial charge in [-0.05, 0) is 31.5 Å². The van der Waals surface area contributed by atoms with Crippen LogP contribution < -0.4 is 14.4 Å². The number of hydrogen-bond acceptors (Lipinski definition) is 4. The Kier molecular flexibility index (Phi) is 6.19. The number of carbonyl (C=O) groups excluding carboxylic acids is 2. The fraction of sp³-hybridized carbons (Fsp3) is 0.364. The summed E-state index contributed by atoms with van der Waals surface area (Å²) in [7, 11) is 0. The van der Waals surface area contributed by atoms with E-state index >= 15 is 0 Å². The maximum absolute atomic E-state index is 12.9. The van der Waals surface area contributed by atoms with Crippen molar-refractivity contribution >= 4 is 17.5 Å². The summed E-state index contributed by atoms with van der Waals surface area (Å²) >= 11 is 0. The number of amides is 2. The Hall–Kier alpha value is -3.02. The molecule has 6 heteroatoms. The number of benzene rings is 2. The lowest BCUT2D eigenvalue weighted by atomic mass is 10.1. The lowest BCUT2D eigenvalue weighted by Crippen LogP contribution is -2.39. The van der Waals surface area contributed by atoms with E-state index in [-0.39, 0.29) is 31.1 Å². The Balaban J connectivity index is 1.68. The van der Waals surface area contributed by atoms with Crippen LogP contribution in [0, 0.1) is 0 Å². The van der Waals surface area contributed by atoms with Gasteiger partial charge in [0.1, 0.15) is 0 Å². The first kappa shape index (κ1) is 19.7. The molecule has 0 bridgehead atoms. The minimum absolute atomic E-state index is 0.0193. The van der Waals surface area contributed by atoms with Crippen molar-refractivity contribution in [2.24, 2.45) is 0 Å². The van der Waals surface area contributed by atoms with E-state index in [9.17, 15) is 9.59 Å². The van der Waals surface area contributed by atoms with Crippen molar-refractivity contribution < 1.29 is 19.1 Å². The summed E-state index contributed by atoms with van der Waals surface area (Å²) in [6.45, 7) is 6.55. The summed E-state index contributed by atoms with van der Waals surface area (Å²) in [5, 5.41) is 0. The molecule has 0 saturated heterocycles. The minimum atomic E-state index is -0.120. The lowest BCUT2D eigenvalue weighted by molar-refractivity contribution is -0.133. The van der Waals surface area contributed by atoms with Crippen LogP contribution in [0.3, 0.4) is 0 Å². The van der Waals surface area contributed by atoms with Crippen molar-refractivity contribution in [1.29, 1.82) is 0 Å². The minimum Gasteiger partial charge on any atom is -0.454 e. The fourth-order valence-electron chi connectivity index (χ4n) is 3.21. The summed E-state index contributed by atoms with van der Waals surface area (Å²) in [6, 6.07) is 15.4. The SMILES string of the molecule is CC(=O)N(CCC(=O)N(Cc1ccccc1)C(C)C)c1ccc2c(c1)OCO2. The largest absolute Gasteiger partial charge is 0.454 e. The molecule has 6 nitrogen and oxygen atoms in total. The quantitative estimate of drug-likeness (QED) is 0.734. The van der Waals surface area contributed by atoms with Gasteiger partial charge < -0.3 is 19.3 Å². The highest BCUT2D eigenvalue weighted by atomic mass is 16.7. The van der Waals surface area contributed by atoms with E-state index < -0.39 is 0 Å². The van der Waals surface area contributed by atoms with Crippen LogP contribution in [0.15, 0.2) is 48.5 Å². The Morgan fingerprint density at radius 1 is 1.04 bits per heavy atom. The van der Waals surface area contributed by atoms with E-state index in [2.05, 4.69) is 0 Å². The molecule has 3 rings (SSSR count). The van der Waals surface area contributed by atoms with E-state index in [4.69, 9.17) is 9.47 Å². The molecule has 0 N–H and O–H groups in total. The maximum Gasteiger partial charge on any atom is 0.231 e. The van der Waals surface area contributed by atoms with Crippen LogP contribution in [-0.4, -0.2) is 36.1 Å². The van der Waals surface area contributed by atoms with Gasteiger partial charge in [-0.25, -0.2) is 0 Å². The third kappa shape index (κ3) is 4.63.